The molecule has 6 heteroatoms. The standard InChI is InChI=1S/C14H17BrN2O3/c15-9-5-7-10(8-6-9)16-14(20)17-12-4-2-1-3-11(12)13(18)19/h5-8,11-12H,1-4H2,(H,18,19)(H2,16,17,20)/t11-,12+/m1/s1. The number of rotatable bonds is 3. The average Bonchev–Trinajstić information content (AvgIpc) is 2.41. The molecule has 2 atom stereocenters. The maximum absolute atomic E-state index is 11.9. The second kappa shape index (κ2) is 6.74. The molecule has 2 rings (SSSR count). The van der Waals surface area contributed by atoms with E-state index in [0.717, 1.165) is 17.3 Å². The Labute approximate surface area is 125 Å². The number of benzene rings is 1. The van der Waals surface area contributed by atoms with Crippen LogP contribution in [0.3, 0.4) is 0 Å². The van der Waals surface area contributed by atoms with Crippen molar-refractivity contribution in [3.8, 4) is 0 Å². The summed E-state index contributed by atoms with van der Waals surface area (Å²) in [6.07, 6.45) is 3.19. The first-order valence-electron chi connectivity index (χ1n) is 6.62. The number of carboxylic acids is 1. The van der Waals surface area contributed by atoms with E-state index in [1.807, 2.05) is 12.1 Å². The lowest BCUT2D eigenvalue weighted by Crippen LogP contribution is -2.46. The highest BCUT2D eigenvalue weighted by Crippen LogP contribution is 2.24. The first-order chi connectivity index (χ1) is 9.56. The predicted octanol–water partition coefficient (Wildman–Crippen LogP) is 3.21. The fourth-order valence-corrected chi connectivity index (χ4v) is 2.73. The quantitative estimate of drug-likeness (QED) is 0.790. The first-order valence-corrected chi connectivity index (χ1v) is 7.41. The second-order valence-corrected chi connectivity index (χ2v) is 5.86. The number of carboxylic acid groups (broad SMARTS) is 1. The number of carbonyl (C=O) groups is 2. The summed E-state index contributed by atoms with van der Waals surface area (Å²) in [6.45, 7) is 0. The lowest BCUT2D eigenvalue weighted by Gasteiger charge is -2.29. The van der Waals surface area contributed by atoms with Crippen molar-refractivity contribution < 1.29 is 14.7 Å². The summed E-state index contributed by atoms with van der Waals surface area (Å²) in [6, 6.07) is 6.56. The van der Waals surface area contributed by atoms with Gasteiger partial charge in [-0.2, -0.15) is 0 Å². The van der Waals surface area contributed by atoms with Crippen LogP contribution in [0.25, 0.3) is 0 Å². The number of hydrogen-bond acceptors (Lipinski definition) is 2. The molecule has 0 heterocycles. The summed E-state index contributed by atoms with van der Waals surface area (Å²) in [5, 5.41) is 14.6. The van der Waals surface area contributed by atoms with Crippen LogP contribution in [0.1, 0.15) is 25.7 Å². The molecule has 1 aromatic rings. The molecule has 5 nitrogen and oxygen atoms in total. The molecule has 0 bridgehead atoms. The van der Waals surface area contributed by atoms with Crippen LogP contribution < -0.4 is 10.6 Å². The molecule has 20 heavy (non-hydrogen) atoms. The molecule has 108 valence electrons. The van der Waals surface area contributed by atoms with E-state index in [2.05, 4.69) is 26.6 Å². The van der Waals surface area contributed by atoms with Crippen molar-refractivity contribution >= 4 is 33.6 Å². The molecule has 0 radical (unpaired) electrons. The fraction of sp³-hybridized carbons (Fsp3) is 0.429. The van der Waals surface area contributed by atoms with Gasteiger partial charge >= 0.3 is 12.0 Å². The highest BCUT2D eigenvalue weighted by atomic mass is 79.9. The van der Waals surface area contributed by atoms with Crippen molar-refractivity contribution in [2.75, 3.05) is 5.32 Å². The molecule has 0 aliphatic heterocycles. The maximum atomic E-state index is 11.9. The summed E-state index contributed by atoms with van der Waals surface area (Å²) < 4.78 is 0.932. The molecular weight excluding hydrogens is 324 g/mol. The number of carbonyl (C=O) groups excluding carboxylic acids is 1. The summed E-state index contributed by atoms with van der Waals surface area (Å²) in [7, 11) is 0. The summed E-state index contributed by atoms with van der Waals surface area (Å²) in [5.41, 5.74) is 0.674. The van der Waals surface area contributed by atoms with Crippen LogP contribution in [0.2, 0.25) is 0 Å². The van der Waals surface area contributed by atoms with Crippen LogP contribution in [-0.4, -0.2) is 23.1 Å². The lowest BCUT2D eigenvalue weighted by molar-refractivity contribution is -0.143. The SMILES string of the molecule is O=C(Nc1ccc(Br)cc1)N[C@H]1CCCC[C@H]1C(=O)O. The molecule has 1 fully saturated rings. The zero-order valence-corrected chi connectivity index (χ0v) is 12.5. The van der Waals surface area contributed by atoms with Gasteiger partial charge in [-0.25, -0.2) is 4.79 Å². The molecule has 3 N–H and O–H groups in total. The molecule has 0 aromatic heterocycles. The summed E-state index contributed by atoms with van der Waals surface area (Å²) >= 11 is 3.32. The molecule has 1 aliphatic rings. The molecule has 0 saturated heterocycles. The number of hydrogen-bond donors (Lipinski definition) is 3. The molecular formula is C14H17BrN2O3. The molecule has 0 spiro atoms. The van der Waals surface area contributed by atoms with Gasteiger partial charge in [0.05, 0.1) is 5.92 Å². The van der Waals surface area contributed by atoms with Gasteiger partial charge in [-0.05, 0) is 37.1 Å². The van der Waals surface area contributed by atoms with Crippen LogP contribution in [-0.2, 0) is 4.79 Å². The predicted molar refractivity (Wildman–Crippen MR) is 79.7 cm³/mol. The first kappa shape index (κ1) is 14.8. The van der Waals surface area contributed by atoms with Crippen molar-refractivity contribution in [3.05, 3.63) is 28.7 Å². The van der Waals surface area contributed by atoms with E-state index in [1.54, 1.807) is 12.1 Å². The monoisotopic (exact) mass is 340 g/mol. The highest BCUT2D eigenvalue weighted by Gasteiger charge is 2.31. The number of halogens is 1. The van der Waals surface area contributed by atoms with E-state index in [4.69, 9.17) is 5.11 Å². The Balaban J connectivity index is 1.92. The Kier molecular flexibility index (Phi) is 5.00. The van der Waals surface area contributed by atoms with Crippen molar-refractivity contribution in [1.29, 1.82) is 0 Å². The van der Waals surface area contributed by atoms with Crippen LogP contribution in [0, 0.1) is 5.92 Å². The number of nitrogens with one attached hydrogen (secondary N) is 2. The van der Waals surface area contributed by atoms with Crippen LogP contribution in [0.5, 0.6) is 0 Å². The van der Waals surface area contributed by atoms with E-state index in [0.29, 0.717) is 18.5 Å². The summed E-state index contributed by atoms with van der Waals surface area (Å²) in [4.78, 5) is 23.1. The fourth-order valence-electron chi connectivity index (χ4n) is 2.47. The smallest absolute Gasteiger partial charge is 0.319 e. The molecule has 1 aliphatic carbocycles. The Hall–Kier alpha value is -1.56. The van der Waals surface area contributed by atoms with Crippen molar-refractivity contribution in [3.63, 3.8) is 0 Å². The maximum Gasteiger partial charge on any atom is 0.319 e. The average molecular weight is 341 g/mol. The van der Waals surface area contributed by atoms with Gasteiger partial charge in [0.1, 0.15) is 0 Å². The molecule has 1 aromatic carbocycles. The number of urea groups is 1. The van der Waals surface area contributed by atoms with Gasteiger partial charge in [-0.15, -0.1) is 0 Å². The minimum absolute atomic E-state index is 0.295. The Bertz CT molecular complexity index is 490. The van der Waals surface area contributed by atoms with Gasteiger partial charge in [0.15, 0.2) is 0 Å². The van der Waals surface area contributed by atoms with Crippen LogP contribution in [0.15, 0.2) is 28.7 Å². The zero-order chi connectivity index (χ0) is 14.5. The Morgan fingerprint density at radius 2 is 1.80 bits per heavy atom. The highest BCUT2D eigenvalue weighted by molar-refractivity contribution is 9.10. The molecule has 2 amide bonds. The zero-order valence-electron chi connectivity index (χ0n) is 10.9. The Morgan fingerprint density at radius 1 is 1.15 bits per heavy atom. The molecule has 1 saturated carbocycles. The number of anilines is 1. The third-order valence-corrected chi connectivity index (χ3v) is 4.03. The third kappa shape index (κ3) is 3.96. The van der Waals surface area contributed by atoms with E-state index in [-0.39, 0.29) is 12.1 Å². The van der Waals surface area contributed by atoms with Crippen LogP contribution in [0.4, 0.5) is 10.5 Å². The van der Waals surface area contributed by atoms with Crippen molar-refractivity contribution in [2.24, 2.45) is 5.92 Å². The lowest BCUT2D eigenvalue weighted by atomic mass is 9.84. The number of amides is 2. The van der Waals surface area contributed by atoms with E-state index in [9.17, 15) is 9.59 Å². The minimum atomic E-state index is -0.835. The third-order valence-electron chi connectivity index (χ3n) is 3.50. The Morgan fingerprint density at radius 3 is 2.45 bits per heavy atom. The minimum Gasteiger partial charge on any atom is -0.481 e. The van der Waals surface area contributed by atoms with Crippen LogP contribution >= 0.6 is 15.9 Å². The topological polar surface area (TPSA) is 78.4 Å². The van der Waals surface area contributed by atoms with Crippen molar-refractivity contribution in [1.82, 2.24) is 5.32 Å². The van der Waals surface area contributed by atoms with E-state index >= 15 is 0 Å². The van der Waals surface area contributed by atoms with Gasteiger partial charge in [0.25, 0.3) is 0 Å². The van der Waals surface area contributed by atoms with Gasteiger partial charge < -0.3 is 15.7 Å². The second-order valence-electron chi connectivity index (χ2n) is 4.94. The largest absolute Gasteiger partial charge is 0.481 e. The van der Waals surface area contributed by atoms with Gasteiger partial charge in [-0.3, -0.25) is 4.79 Å². The van der Waals surface area contributed by atoms with Crippen molar-refractivity contribution in [2.45, 2.75) is 31.7 Å². The number of aliphatic carboxylic acids is 1. The van der Waals surface area contributed by atoms with E-state index < -0.39 is 11.9 Å². The van der Waals surface area contributed by atoms with E-state index in [1.165, 1.54) is 0 Å². The van der Waals surface area contributed by atoms with Gasteiger partial charge in [-0.1, -0.05) is 28.8 Å². The van der Waals surface area contributed by atoms with Gasteiger partial charge in [0.2, 0.25) is 0 Å². The normalized spacial score (nSPS) is 22.1. The molecule has 0 unspecified atom stereocenters. The summed E-state index contributed by atoms with van der Waals surface area (Å²) in [5.74, 6) is -1.32. The van der Waals surface area contributed by atoms with Gasteiger partial charge in [0, 0.05) is 16.2 Å².